The van der Waals surface area contributed by atoms with Crippen molar-refractivity contribution < 1.29 is 4.39 Å². The number of halogens is 3. The Bertz CT molecular complexity index is 582. The molecule has 18 heavy (non-hydrogen) atoms. The number of rotatable bonds is 2. The normalized spacial score (nSPS) is 10.4. The van der Waals surface area contributed by atoms with Gasteiger partial charge in [-0.25, -0.2) is 4.39 Å². The summed E-state index contributed by atoms with van der Waals surface area (Å²) in [5, 5.41) is 3.63. The second-order valence-electron chi connectivity index (χ2n) is 3.91. The van der Waals surface area contributed by atoms with Crippen LogP contribution in [0.25, 0.3) is 0 Å². The molecule has 2 rings (SSSR count). The predicted octanol–water partition coefficient (Wildman–Crippen LogP) is 4.88. The van der Waals surface area contributed by atoms with E-state index in [0.717, 1.165) is 11.3 Å². The van der Waals surface area contributed by atoms with E-state index in [1.54, 1.807) is 6.07 Å². The van der Waals surface area contributed by atoms with E-state index in [1.807, 2.05) is 19.1 Å². The molecule has 0 bridgehead atoms. The molecule has 0 aliphatic heterocycles. The maximum Gasteiger partial charge on any atom is 0.139 e. The number of nitrogens with one attached hydrogen (secondary N) is 1. The molecule has 0 fully saturated rings. The van der Waals surface area contributed by atoms with Crippen molar-refractivity contribution in [3.63, 3.8) is 0 Å². The van der Waals surface area contributed by atoms with Crippen molar-refractivity contribution in [3.8, 4) is 0 Å². The van der Waals surface area contributed by atoms with Gasteiger partial charge in [0.15, 0.2) is 0 Å². The topological polar surface area (TPSA) is 38.0 Å². The summed E-state index contributed by atoms with van der Waals surface area (Å²) in [6, 6.07) is 8.39. The molecule has 0 aliphatic carbocycles. The average Bonchev–Trinajstić information content (AvgIpc) is 2.30. The predicted molar refractivity (Wildman–Crippen MR) is 78.0 cm³/mol. The largest absolute Gasteiger partial charge is 0.397 e. The number of nitrogens with two attached hydrogens (primary N) is 1. The van der Waals surface area contributed by atoms with Crippen LogP contribution in [0.4, 0.5) is 21.5 Å². The highest BCUT2D eigenvalue weighted by Gasteiger charge is 2.09. The van der Waals surface area contributed by atoms with Gasteiger partial charge >= 0.3 is 0 Å². The minimum Gasteiger partial charge on any atom is -0.397 e. The van der Waals surface area contributed by atoms with Gasteiger partial charge in [-0.1, -0.05) is 23.7 Å². The minimum atomic E-state index is -0.378. The van der Waals surface area contributed by atoms with E-state index < -0.39 is 0 Å². The van der Waals surface area contributed by atoms with Gasteiger partial charge in [-0.15, -0.1) is 0 Å². The molecule has 2 aromatic rings. The maximum absolute atomic E-state index is 13.5. The molecule has 0 radical (unpaired) electrons. The SMILES string of the molecule is Cc1cccc(Cl)c1Nc1cc(F)c(Br)cc1N. The Morgan fingerprint density at radius 3 is 2.72 bits per heavy atom. The number of anilines is 3. The summed E-state index contributed by atoms with van der Waals surface area (Å²) < 4.78 is 13.8. The molecular formula is C13H11BrClFN2. The molecule has 94 valence electrons. The van der Waals surface area contributed by atoms with Gasteiger partial charge in [-0.3, -0.25) is 0 Å². The van der Waals surface area contributed by atoms with Crippen LogP contribution in [0.5, 0.6) is 0 Å². The second-order valence-corrected chi connectivity index (χ2v) is 5.17. The molecule has 0 heterocycles. The zero-order valence-electron chi connectivity index (χ0n) is 9.60. The van der Waals surface area contributed by atoms with E-state index in [1.165, 1.54) is 12.1 Å². The fourth-order valence-corrected chi connectivity index (χ4v) is 2.23. The smallest absolute Gasteiger partial charge is 0.139 e. The number of hydrogen-bond acceptors (Lipinski definition) is 2. The third kappa shape index (κ3) is 2.60. The lowest BCUT2D eigenvalue weighted by Crippen LogP contribution is -1.99. The first-order valence-electron chi connectivity index (χ1n) is 5.25. The Labute approximate surface area is 118 Å². The van der Waals surface area contributed by atoms with Crippen LogP contribution in [-0.4, -0.2) is 0 Å². The van der Waals surface area contributed by atoms with Crippen molar-refractivity contribution in [1.82, 2.24) is 0 Å². The quantitative estimate of drug-likeness (QED) is 0.771. The summed E-state index contributed by atoms with van der Waals surface area (Å²) in [5.74, 6) is -0.378. The van der Waals surface area contributed by atoms with Gasteiger partial charge in [0.05, 0.1) is 26.6 Å². The maximum atomic E-state index is 13.5. The van der Waals surface area contributed by atoms with Crippen molar-refractivity contribution in [2.75, 3.05) is 11.1 Å². The van der Waals surface area contributed by atoms with Crippen LogP contribution in [-0.2, 0) is 0 Å². The molecule has 2 nitrogen and oxygen atoms in total. The van der Waals surface area contributed by atoms with Crippen LogP contribution in [0.2, 0.25) is 5.02 Å². The van der Waals surface area contributed by atoms with Crippen molar-refractivity contribution >= 4 is 44.6 Å². The highest BCUT2D eigenvalue weighted by Crippen LogP contribution is 2.33. The van der Waals surface area contributed by atoms with E-state index in [2.05, 4.69) is 21.2 Å². The average molecular weight is 330 g/mol. The number of benzene rings is 2. The van der Waals surface area contributed by atoms with Gasteiger partial charge in [0.25, 0.3) is 0 Å². The zero-order valence-corrected chi connectivity index (χ0v) is 11.9. The van der Waals surface area contributed by atoms with Gasteiger partial charge in [0, 0.05) is 6.07 Å². The lowest BCUT2D eigenvalue weighted by molar-refractivity contribution is 0.622. The van der Waals surface area contributed by atoms with E-state index in [4.69, 9.17) is 17.3 Å². The molecular weight excluding hydrogens is 319 g/mol. The molecule has 3 N–H and O–H groups in total. The number of nitrogen functional groups attached to an aromatic ring is 1. The van der Waals surface area contributed by atoms with E-state index in [0.29, 0.717) is 20.9 Å². The van der Waals surface area contributed by atoms with Gasteiger partial charge in [0.2, 0.25) is 0 Å². The number of para-hydroxylation sites is 1. The number of aryl methyl sites for hydroxylation is 1. The first-order chi connectivity index (χ1) is 8.49. The van der Waals surface area contributed by atoms with Crippen LogP contribution >= 0.6 is 27.5 Å². The molecule has 0 saturated heterocycles. The molecule has 0 aliphatic rings. The molecule has 2 aromatic carbocycles. The van der Waals surface area contributed by atoms with Crippen LogP contribution in [0.15, 0.2) is 34.8 Å². The summed E-state index contributed by atoms with van der Waals surface area (Å²) in [7, 11) is 0. The Morgan fingerprint density at radius 2 is 2.06 bits per heavy atom. The van der Waals surface area contributed by atoms with Gasteiger partial charge in [0.1, 0.15) is 5.82 Å². The Kier molecular flexibility index (Phi) is 3.78. The lowest BCUT2D eigenvalue weighted by Gasteiger charge is -2.13. The van der Waals surface area contributed by atoms with E-state index >= 15 is 0 Å². The van der Waals surface area contributed by atoms with Crippen molar-refractivity contribution in [2.45, 2.75) is 6.92 Å². The van der Waals surface area contributed by atoms with Gasteiger partial charge in [-0.05, 0) is 40.5 Å². The van der Waals surface area contributed by atoms with Gasteiger partial charge in [-0.2, -0.15) is 0 Å². The summed E-state index contributed by atoms with van der Waals surface area (Å²) >= 11 is 9.18. The third-order valence-corrected chi connectivity index (χ3v) is 3.50. The molecule has 5 heteroatoms. The molecule has 0 spiro atoms. The monoisotopic (exact) mass is 328 g/mol. The highest BCUT2D eigenvalue weighted by atomic mass is 79.9. The summed E-state index contributed by atoms with van der Waals surface area (Å²) in [4.78, 5) is 0. The van der Waals surface area contributed by atoms with Crippen molar-refractivity contribution in [1.29, 1.82) is 0 Å². The third-order valence-electron chi connectivity index (χ3n) is 2.57. The summed E-state index contributed by atoms with van der Waals surface area (Å²) in [6.45, 7) is 1.92. The fourth-order valence-electron chi connectivity index (χ4n) is 1.60. The van der Waals surface area contributed by atoms with E-state index in [9.17, 15) is 4.39 Å². The lowest BCUT2D eigenvalue weighted by atomic mass is 10.2. The van der Waals surface area contributed by atoms with Crippen LogP contribution in [0.1, 0.15) is 5.56 Å². The minimum absolute atomic E-state index is 0.335. The zero-order chi connectivity index (χ0) is 13.3. The highest BCUT2D eigenvalue weighted by molar-refractivity contribution is 9.10. The summed E-state index contributed by atoms with van der Waals surface area (Å²) in [5.41, 5.74) is 8.47. The summed E-state index contributed by atoms with van der Waals surface area (Å²) in [6.07, 6.45) is 0. The number of hydrogen-bond donors (Lipinski definition) is 2. The van der Waals surface area contributed by atoms with Crippen LogP contribution in [0.3, 0.4) is 0 Å². The standard InChI is InChI=1S/C13H11BrClFN2/c1-7-3-2-4-9(15)13(7)18-12-6-10(16)8(14)5-11(12)17/h2-6,18H,17H2,1H3. The fraction of sp³-hybridized carbons (Fsp3) is 0.0769. The Balaban J connectivity index is 2.43. The first kappa shape index (κ1) is 13.2. The van der Waals surface area contributed by atoms with Crippen molar-refractivity contribution in [3.05, 3.63) is 51.2 Å². The first-order valence-corrected chi connectivity index (χ1v) is 6.43. The van der Waals surface area contributed by atoms with Crippen molar-refractivity contribution in [2.24, 2.45) is 0 Å². The molecule has 0 aromatic heterocycles. The van der Waals surface area contributed by atoms with Gasteiger partial charge < -0.3 is 11.1 Å². The molecule has 0 saturated carbocycles. The van der Waals surface area contributed by atoms with Crippen LogP contribution < -0.4 is 11.1 Å². The van der Waals surface area contributed by atoms with Crippen LogP contribution in [0, 0.1) is 12.7 Å². The molecule has 0 amide bonds. The second kappa shape index (κ2) is 5.16. The molecule has 0 unspecified atom stereocenters. The molecule has 0 atom stereocenters. The Hall–Kier alpha value is -1.26. The Morgan fingerprint density at radius 1 is 1.33 bits per heavy atom. The van der Waals surface area contributed by atoms with E-state index in [-0.39, 0.29) is 5.82 Å².